The van der Waals surface area contributed by atoms with E-state index in [0.29, 0.717) is 22.9 Å². The van der Waals surface area contributed by atoms with E-state index in [1.807, 2.05) is 0 Å². The van der Waals surface area contributed by atoms with Crippen LogP contribution >= 0.6 is 0 Å². The van der Waals surface area contributed by atoms with Crippen LogP contribution in [0, 0.1) is 0 Å². The minimum absolute atomic E-state index is 0.0819. The molecule has 1 aliphatic carbocycles. The van der Waals surface area contributed by atoms with Crippen LogP contribution in [0.5, 0.6) is 17.2 Å². The second-order valence-electron chi connectivity index (χ2n) is 7.40. The van der Waals surface area contributed by atoms with Crippen LogP contribution in [0.25, 0.3) is 0 Å². The first-order chi connectivity index (χ1) is 14.4. The third kappa shape index (κ3) is 4.79. The highest BCUT2D eigenvalue weighted by molar-refractivity contribution is 7.92. The van der Waals surface area contributed by atoms with Gasteiger partial charge in [0.05, 0.1) is 18.0 Å². The standard InChI is InChI=1S/C21H24N2O6S/c1-30(25,26)23(16-8-11-19-20(12-16)28-14-27-19)13-21(24)22-15-6-9-18(10-7-15)29-17-4-2-3-5-17/h6-12,17H,2-5,13-14H2,1H3,(H,22,24). The fourth-order valence-electron chi connectivity index (χ4n) is 3.59. The molecule has 0 saturated heterocycles. The maximum absolute atomic E-state index is 12.5. The molecule has 1 N–H and O–H groups in total. The van der Waals surface area contributed by atoms with E-state index in [1.54, 1.807) is 42.5 Å². The van der Waals surface area contributed by atoms with Gasteiger partial charge in [0.2, 0.25) is 22.7 Å². The van der Waals surface area contributed by atoms with Crippen molar-refractivity contribution in [1.82, 2.24) is 0 Å². The Bertz CT molecular complexity index is 1020. The van der Waals surface area contributed by atoms with Gasteiger partial charge in [0, 0.05) is 11.8 Å². The number of benzene rings is 2. The molecule has 0 radical (unpaired) electrons. The lowest BCUT2D eigenvalue weighted by Crippen LogP contribution is -2.37. The number of fused-ring (bicyclic) bond motifs is 1. The van der Waals surface area contributed by atoms with Crippen molar-refractivity contribution in [3.8, 4) is 17.2 Å². The average Bonchev–Trinajstić information content (AvgIpc) is 3.38. The number of nitrogens with zero attached hydrogens (tertiary/aromatic N) is 1. The number of ether oxygens (including phenoxy) is 3. The van der Waals surface area contributed by atoms with Crippen LogP contribution in [-0.2, 0) is 14.8 Å². The molecule has 160 valence electrons. The van der Waals surface area contributed by atoms with Crippen LogP contribution in [0.3, 0.4) is 0 Å². The number of anilines is 2. The van der Waals surface area contributed by atoms with Crippen LogP contribution in [-0.4, -0.2) is 40.0 Å². The molecule has 0 spiro atoms. The van der Waals surface area contributed by atoms with Crippen LogP contribution in [0.2, 0.25) is 0 Å². The van der Waals surface area contributed by atoms with Gasteiger partial charge in [-0.3, -0.25) is 9.10 Å². The minimum Gasteiger partial charge on any atom is -0.490 e. The first-order valence-electron chi connectivity index (χ1n) is 9.82. The van der Waals surface area contributed by atoms with E-state index in [4.69, 9.17) is 14.2 Å². The van der Waals surface area contributed by atoms with Gasteiger partial charge in [0.1, 0.15) is 12.3 Å². The Morgan fingerprint density at radius 3 is 2.50 bits per heavy atom. The van der Waals surface area contributed by atoms with E-state index >= 15 is 0 Å². The molecule has 0 aromatic heterocycles. The molecule has 1 saturated carbocycles. The Kier molecular flexibility index (Phi) is 5.72. The van der Waals surface area contributed by atoms with E-state index in [2.05, 4.69) is 5.32 Å². The van der Waals surface area contributed by atoms with Crippen molar-refractivity contribution in [2.75, 3.05) is 29.2 Å². The molecule has 2 aromatic rings. The Balaban J connectivity index is 1.41. The molecular formula is C21H24N2O6S. The molecule has 2 aromatic carbocycles. The topological polar surface area (TPSA) is 94.2 Å². The Morgan fingerprint density at radius 1 is 1.10 bits per heavy atom. The summed E-state index contributed by atoms with van der Waals surface area (Å²) in [5.41, 5.74) is 0.898. The molecule has 1 aliphatic heterocycles. The van der Waals surface area contributed by atoms with Gasteiger partial charge in [-0.2, -0.15) is 0 Å². The lowest BCUT2D eigenvalue weighted by atomic mass is 10.2. The van der Waals surface area contributed by atoms with E-state index in [1.165, 1.54) is 12.8 Å². The fraction of sp³-hybridized carbons (Fsp3) is 0.381. The zero-order chi connectivity index (χ0) is 21.1. The quantitative estimate of drug-likeness (QED) is 0.722. The lowest BCUT2D eigenvalue weighted by molar-refractivity contribution is -0.114. The normalized spacial score (nSPS) is 15.8. The maximum atomic E-state index is 12.5. The highest BCUT2D eigenvalue weighted by Gasteiger charge is 2.24. The van der Waals surface area contributed by atoms with Crippen molar-refractivity contribution < 1.29 is 27.4 Å². The zero-order valence-corrected chi connectivity index (χ0v) is 17.5. The first-order valence-corrected chi connectivity index (χ1v) is 11.7. The molecule has 9 heteroatoms. The predicted molar refractivity (Wildman–Crippen MR) is 113 cm³/mol. The van der Waals surface area contributed by atoms with Crippen LogP contribution in [0.4, 0.5) is 11.4 Å². The SMILES string of the molecule is CS(=O)(=O)N(CC(=O)Nc1ccc(OC2CCCC2)cc1)c1ccc2c(c1)OCO2. The van der Waals surface area contributed by atoms with Crippen molar-refractivity contribution in [1.29, 1.82) is 0 Å². The van der Waals surface area contributed by atoms with Gasteiger partial charge in [-0.05, 0) is 62.1 Å². The summed E-state index contributed by atoms with van der Waals surface area (Å²) in [6, 6.07) is 11.8. The fourth-order valence-corrected chi connectivity index (χ4v) is 4.44. The van der Waals surface area contributed by atoms with Gasteiger partial charge in [-0.1, -0.05) is 0 Å². The number of hydrogen-bond acceptors (Lipinski definition) is 6. The zero-order valence-electron chi connectivity index (χ0n) is 16.7. The summed E-state index contributed by atoms with van der Waals surface area (Å²) >= 11 is 0. The van der Waals surface area contributed by atoms with Crippen molar-refractivity contribution in [3.05, 3.63) is 42.5 Å². The Labute approximate surface area is 175 Å². The molecule has 1 heterocycles. The molecule has 8 nitrogen and oxygen atoms in total. The average molecular weight is 432 g/mol. The third-order valence-electron chi connectivity index (χ3n) is 5.07. The van der Waals surface area contributed by atoms with Crippen LogP contribution in [0.15, 0.2) is 42.5 Å². The summed E-state index contributed by atoms with van der Waals surface area (Å²) in [6.07, 6.45) is 5.84. The van der Waals surface area contributed by atoms with Crippen LogP contribution in [0.1, 0.15) is 25.7 Å². The first kappa shape index (κ1) is 20.3. The molecule has 0 unspecified atom stereocenters. The number of carbonyl (C=O) groups is 1. The summed E-state index contributed by atoms with van der Waals surface area (Å²) in [6.45, 7) is -0.280. The molecular weight excluding hydrogens is 408 g/mol. The number of hydrogen-bond donors (Lipinski definition) is 1. The summed E-state index contributed by atoms with van der Waals surface area (Å²) in [5, 5.41) is 2.73. The third-order valence-corrected chi connectivity index (χ3v) is 6.22. The molecule has 2 aliphatic rings. The molecule has 0 bridgehead atoms. The summed E-state index contributed by atoms with van der Waals surface area (Å²) < 4.78 is 42.1. The van der Waals surface area contributed by atoms with Gasteiger partial charge in [0.25, 0.3) is 0 Å². The number of sulfonamides is 1. The lowest BCUT2D eigenvalue weighted by Gasteiger charge is -2.22. The molecule has 4 rings (SSSR count). The van der Waals surface area contributed by atoms with Crippen LogP contribution < -0.4 is 23.8 Å². The molecule has 0 atom stereocenters. The van der Waals surface area contributed by atoms with Gasteiger partial charge in [-0.15, -0.1) is 0 Å². The van der Waals surface area contributed by atoms with Gasteiger partial charge in [0.15, 0.2) is 11.5 Å². The van der Waals surface area contributed by atoms with Gasteiger partial charge in [-0.25, -0.2) is 8.42 Å². The van der Waals surface area contributed by atoms with E-state index < -0.39 is 15.9 Å². The van der Waals surface area contributed by atoms with Crippen molar-refractivity contribution in [2.24, 2.45) is 0 Å². The molecule has 1 amide bonds. The summed E-state index contributed by atoms with van der Waals surface area (Å²) in [4.78, 5) is 12.5. The largest absolute Gasteiger partial charge is 0.490 e. The van der Waals surface area contributed by atoms with Crippen molar-refractivity contribution in [3.63, 3.8) is 0 Å². The molecule has 30 heavy (non-hydrogen) atoms. The van der Waals surface area contributed by atoms with E-state index in [0.717, 1.165) is 29.2 Å². The van der Waals surface area contributed by atoms with E-state index in [-0.39, 0.29) is 19.4 Å². The second-order valence-corrected chi connectivity index (χ2v) is 9.31. The smallest absolute Gasteiger partial charge is 0.245 e. The Morgan fingerprint density at radius 2 is 1.80 bits per heavy atom. The van der Waals surface area contributed by atoms with Crippen molar-refractivity contribution in [2.45, 2.75) is 31.8 Å². The number of rotatable bonds is 7. The number of amides is 1. The maximum Gasteiger partial charge on any atom is 0.245 e. The van der Waals surface area contributed by atoms with Gasteiger partial charge < -0.3 is 19.5 Å². The number of nitrogens with one attached hydrogen (secondary N) is 1. The highest BCUT2D eigenvalue weighted by Crippen LogP contribution is 2.36. The summed E-state index contributed by atoms with van der Waals surface area (Å²) in [5.74, 6) is 1.29. The Hall–Kier alpha value is -2.94. The second kappa shape index (κ2) is 8.43. The predicted octanol–water partition coefficient (Wildman–Crippen LogP) is 3.14. The van der Waals surface area contributed by atoms with Gasteiger partial charge >= 0.3 is 0 Å². The minimum atomic E-state index is -3.69. The van der Waals surface area contributed by atoms with Crippen molar-refractivity contribution >= 4 is 27.3 Å². The monoisotopic (exact) mass is 432 g/mol. The van der Waals surface area contributed by atoms with E-state index in [9.17, 15) is 13.2 Å². The molecule has 1 fully saturated rings. The summed E-state index contributed by atoms with van der Waals surface area (Å²) in [7, 11) is -3.69. The number of carbonyl (C=O) groups excluding carboxylic acids is 1. The highest BCUT2D eigenvalue weighted by atomic mass is 32.2.